The van der Waals surface area contributed by atoms with Crippen LogP contribution in [0.1, 0.15) is 59.2 Å². The Labute approximate surface area is 212 Å². The van der Waals surface area contributed by atoms with E-state index in [2.05, 4.69) is 10.2 Å². The fraction of sp³-hybridized carbons (Fsp3) is 0.536. The maximum Gasteiger partial charge on any atom is 0.416 e. The minimum absolute atomic E-state index is 0.0246. The summed E-state index contributed by atoms with van der Waals surface area (Å²) >= 11 is 0. The minimum Gasteiger partial charge on any atom is -0.504 e. The molecule has 0 radical (unpaired) electrons. The molecule has 7 rings (SSSR count). The topological polar surface area (TPSA) is 82.0 Å². The van der Waals surface area contributed by atoms with Crippen molar-refractivity contribution in [3.8, 4) is 11.5 Å². The lowest BCUT2D eigenvalue weighted by molar-refractivity contribution is -0.191. The number of aromatic hydroxyl groups is 1. The van der Waals surface area contributed by atoms with Crippen LogP contribution in [0.5, 0.6) is 11.5 Å². The van der Waals surface area contributed by atoms with Crippen molar-refractivity contribution in [3.05, 3.63) is 58.7 Å². The first-order chi connectivity index (χ1) is 17.6. The van der Waals surface area contributed by atoms with E-state index in [0.717, 1.165) is 36.3 Å². The molecule has 2 heterocycles. The molecule has 2 aromatic rings. The van der Waals surface area contributed by atoms with Crippen LogP contribution in [0.4, 0.5) is 13.2 Å². The minimum atomic E-state index is -4.48. The number of carbonyl (C=O) groups is 1. The quantitative estimate of drug-likeness (QED) is 0.579. The van der Waals surface area contributed by atoms with E-state index in [-0.39, 0.29) is 17.4 Å². The Morgan fingerprint density at radius 3 is 2.57 bits per heavy atom. The molecule has 3 N–H and O–H groups in total. The number of piperidine rings is 1. The molecule has 5 atom stereocenters. The molecule has 2 aromatic carbocycles. The van der Waals surface area contributed by atoms with Crippen molar-refractivity contribution in [2.75, 3.05) is 13.1 Å². The number of rotatable bonds is 4. The summed E-state index contributed by atoms with van der Waals surface area (Å²) < 4.78 is 45.3. The molecular weight excluding hydrogens is 485 g/mol. The van der Waals surface area contributed by atoms with Crippen molar-refractivity contribution in [2.45, 2.75) is 73.9 Å². The molecule has 1 unspecified atom stereocenters. The van der Waals surface area contributed by atoms with E-state index in [0.29, 0.717) is 37.4 Å². The third-order valence-electron chi connectivity index (χ3n) is 9.55. The van der Waals surface area contributed by atoms with E-state index in [1.165, 1.54) is 25.0 Å². The Bertz CT molecular complexity index is 1280. The zero-order valence-corrected chi connectivity index (χ0v) is 20.2. The van der Waals surface area contributed by atoms with E-state index in [1.807, 2.05) is 6.07 Å². The Kier molecular flexibility index (Phi) is 4.82. The first-order valence-corrected chi connectivity index (χ1v) is 13.1. The van der Waals surface area contributed by atoms with Crippen LogP contribution < -0.4 is 10.1 Å². The maximum absolute atomic E-state index is 13.1. The number of carbonyl (C=O) groups excluding carboxylic acids is 1. The summed E-state index contributed by atoms with van der Waals surface area (Å²) in [6.45, 7) is 1.78. The van der Waals surface area contributed by atoms with E-state index in [4.69, 9.17) is 4.74 Å². The summed E-state index contributed by atoms with van der Waals surface area (Å²) in [4.78, 5) is 15.6. The van der Waals surface area contributed by atoms with Crippen molar-refractivity contribution in [2.24, 2.45) is 5.92 Å². The van der Waals surface area contributed by atoms with Crippen molar-refractivity contribution in [1.29, 1.82) is 0 Å². The third-order valence-corrected chi connectivity index (χ3v) is 9.55. The van der Waals surface area contributed by atoms with Crippen LogP contribution in [0.3, 0.4) is 0 Å². The van der Waals surface area contributed by atoms with E-state index in [9.17, 15) is 28.2 Å². The summed E-state index contributed by atoms with van der Waals surface area (Å²) in [5.74, 6) is 0.620. The first-order valence-electron chi connectivity index (χ1n) is 13.1. The molecule has 3 aliphatic carbocycles. The molecule has 1 saturated heterocycles. The summed E-state index contributed by atoms with van der Waals surface area (Å²) in [6.07, 6.45) is -0.344. The largest absolute Gasteiger partial charge is 0.504 e. The SMILES string of the molecule is O=C(N[C@@H]1CC[C@@]2(O)[C@H]3Cc4ccc(O)c5c4C2(CCN3CC2CC2)[C@H]1O5)c1ccc(C(F)(F)F)cc1. The Balaban J connectivity index is 1.23. The number of halogens is 3. The molecule has 2 aliphatic heterocycles. The zero-order chi connectivity index (χ0) is 25.7. The van der Waals surface area contributed by atoms with Crippen LogP contribution in [0.25, 0.3) is 0 Å². The summed E-state index contributed by atoms with van der Waals surface area (Å²) in [5, 5.41) is 26.2. The lowest BCUT2D eigenvalue weighted by Gasteiger charge is -2.64. The average molecular weight is 515 g/mol. The van der Waals surface area contributed by atoms with Crippen LogP contribution in [-0.4, -0.2) is 57.9 Å². The van der Waals surface area contributed by atoms with Gasteiger partial charge in [0.1, 0.15) is 6.10 Å². The summed E-state index contributed by atoms with van der Waals surface area (Å²) in [6, 6.07) is 7.20. The second-order valence-corrected chi connectivity index (χ2v) is 11.5. The number of hydrogen-bond donors (Lipinski definition) is 3. The van der Waals surface area contributed by atoms with Crippen molar-refractivity contribution in [3.63, 3.8) is 0 Å². The maximum atomic E-state index is 13.1. The molecule has 6 nitrogen and oxygen atoms in total. The van der Waals surface area contributed by atoms with Gasteiger partial charge in [0.2, 0.25) is 0 Å². The Morgan fingerprint density at radius 1 is 1.11 bits per heavy atom. The fourth-order valence-corrected chi connectivity index (χ4v) is 7.69. The number of nitrogens with one attached hydrogen (secondary N) is 1. The zero-order valence-electron chi connectivity index (χ0n) is 20.2. The second-order valence-electron chi connectivity index (χ2n) is 11.5. The van der Waals surface area contributed by atoms with Crippen molar-refractivity contribution < 1.29 is 32.9 Å². The molecule has 9 heteroatoms. The standard InChI is InChI=1S/C28H29F3N2O4/c29-28(30,31)18-6-3-16(4-7-18)25(35)32-19-9-10-27(36)21-13-17-5-8-20(34)23-22(17)26(27,24(19)37-23)11-12-33(21)14-15-1-2-15/h3-8,15,19,21,24,34,36H,1-2,9-14H2,(H,32,35)/t19-,21-,24+,26?,27-/m1/s1. The van der Waals surface area contributed by atoms with Crippen LogP contribution >= 0.6 is 0 Å². The monoisotopic (exact) mass is 514 g/mol. The molecule has 3 fully saturated rings. The highest BCUT2D eigenvalue weighted by Crippen LogP contribution is 2.65. The normalized spacial score (nSPS) is 34.0. The van der Waals surface area contributed by atoms with E-state index < -0.39 is 40.8 Å². The lowest BCUT2D eigenvalue weighted by Crippen LogP contribution is -2.78. The molecular formula is C28H29F3N2O4. The van der Waals surface area contributed by atoms with Crippen molar-refractivity contribution in [1.82, 2.24) is 10.2 Å². The smallest absolute Gasteiger partial charge is 0.416 e. The van der Waals surface area contributed by atoms with E-state index >= 15 is 0 Å². The average Bonchev–Trinajstić information content (AvgIpc) is 3.60. The number of amides is 1. The van der Waals surface area contributed by atoms with Gasteiger partial charge in [-0.1, -0.05) is 6.07 Å². The van der Waals surface area contributed by atoms with Crippen LogP contribution in [-0.2, 0) is 18.0 Å². The molecule has 2 bridgehead atoms. The number of hydrogen-bond acceptors (Lipinski definition) is 5. The molecule has 196 valence electrons. The second kappa shape index (κ2) is 7.63. The molecule has 2 saturated carbocycles. The van der Waals surface area contributed by atoms with Gasteiger partial charge in [0.15, 0.2) is 11.5 Å². The number of likely N-dealkylation sites (tertiary alicyclic amines) is 1. The van der Waals surface area contributed by atoms with Crippen LogP contribution in [0.15, 0.2) is 36.4 Å². The fourth-order valence-electron chi connectivity index (χ4n) is 7.69. The van der Waals surface area contributed by atoms with Gasteiger partial charge in [0, 0.05) is 23.7 Å². The van der Waals surface area contributed by atoms with Crippen LogP contribution in [0.2, 0.25) is 0 Å². The number of phenolic OH excluding ortho intramolecular Hbond substituents is 1. The predicted molar refractivity (Wildman–Crippen MR) is 127 cm³/mol. The number of phenols is 1. The number of aliphatic hydroxyl groups is 1. The first kappa shape index (κ1) is 23.3. The Morgan fingerprint density at radius 2 is 1.86 bits per heavy atom. The van der Waals surface area contributed by atoms with Gasteiger partial charge >= 0.3 is 6.18 Å². The number of benzene rings is 2. The number of alkyl halides is 3. The lowest BCUT2D eigenvalue weighted by atomic mass is 9.48. The van der Waals surface area contributed by atoms with Crippen molar-refractivity contribution >= 4 is 5.91 Å². The van der Waals surface area contributed by atoms with Gasteiger partial charge in [-0.3, -0.25) is 9.69 Å². The molecule has 37 heavy (non-hydrogen) atoms. The highest BCUT2D eigenvalue weighted by molar-refractivity contribution is 5.94. The molecule has 1 spiro atoms. The predicted octanol–water partition coefficient (Wildman–Crippen LogP) is 3.77. The third kappa shape index (κ3) is 3.22. The van der Waals surface area contributed by atoms with Gasteiger partial charge in [0.05, 0.1) is 22.6 Å². The molecule has 1 amide bonds. The molecule has 0 aromatic heterocycles. The summed E-state index contributed by atoms with van der Waals surface area (Å²) in [7, 11) is 0. The van der Waals surface area contributed by atoms with Gasteiger partial charge in [-0.05, 0) is 86.9 Å². The van der Waals surface area contributed by atoms with Gasteiger partial charge in [-0.15, -0.1) is 0 Å². The van der Waals surface area contributed by atoms with Gasteiger partial charge in [0.25, 0.3) is 5.91 Å². The van der Waals surface area contributed by atoms with Gasteiger partial charge < -0.3 is 20.3 Å². The highest BCUT2D eigenvalue weighted by atomic mass is 19.4. The number of nitrogens with zero attached hydrogens (tertiary/aromatic N) is 1. The Hall–Kier alpha value is -2.78. The van der Waals surface area contributed by atoms with Gasteiger partial charge in [-0.2, -0.15) is 13.2 Å². The summed E-state index contributed by atoms with van der Waals surface area (Å²) in [5.41, 5.74) is -0.570. The van der Waals surface area contributed by atoms with Gasteiger partial charge in [-0.25, -0.2) is 0 Å². The van der Waals surface area contributed by atoms with Crippen LogP contribution in [0, 0.1) is 5.92 Å². The number of ether oxygens (including phenoxy) is 1. The van der Waals surface area contributed by atoms with E-state index in [1.54, 1.807) is 6.07 Å². The molecule has 5 aliphatic rings. The highest BCUT2D eigenvalue weighted by Gasteiger charge is 2.73.